The van der Waals surface area contributed by atoms with Gasteiger partial charge < -0.3 is 15.0 Å². The molecule has 1 unspecified atom stereocenters. The van der Waals surface area contributed by atoms with E-state index < -0.39 is 0 Å². The van der Waals surface area contributed by atoms with Crippen LogP contribution in [0.5, 0.6) is 0 Å². The van der Waals surface area contributed by atoms with E-state index >= 15 is 0 Å². The third kappa shape index (κ3) is 5.72. The van der Waals surface area contributed by atoms with Gasteiger partial charge >= 0.3 is 0 Å². The molecular formula is C16H31N3OS. The Morgan fingerprint density at radius 2 is 2.00 bits per heavy atom. The molecule has 2 fully saturated rings. The molecule has 0 spiro atoms. The molecule has 1 atom stereocenters. The van der Waals surface area contributed by atoms with Crippen molar-refractivity contribution in [3.63, 3.8) is 0 Å². The lowest BCUT2D eigenvalue weighted by Gasteiger charge is -2.32. The quantitative estimate of drug-likeness (QED) is 0.621. The average Bonchev–Trinajstić information content (AvgIpc) is 2.77. The molecule has 2 saturated heterocycles. The first kappa shape index (κ1) is 17.0. The second kappa shape index (κ2) is 9.59. The number of likely N-dealkylation sites (tertiary alicyclic amines) is 1. The van der Waals surface area contributed by atoms with E-state index in [2.05, 4.69) is 22.0 Å². The van der Waals surface area contributed by atoms with Gasteiger partial charge in [0.2, 0.25) is 0 Å². The van der Waals surface area contributed by atoms with Gasteiger partial charge in [0, 0.05) is 32.2 Å². The Morgan fingerprint density at radius 1 is 1.19 bits per heavy atom. The molecule has 0 aromatic heterocycles. The fourth-order valence-electron chi connectivity index (χ4n) is 3.29. The number of morpholine rings is 1. The van der Waals surface area contributed by atoms with Crippen molar-refractivity contribution in [3.05, 3.63) is 0 Å². The second-order valence-electron chi connectivity index (χ2n) is 6.14. The van der Waals surface area contributed by atoms with Crippen LogP contribution in [-0.4, -0.2) is 66.9 Å². The molecule has 1 N–H and O–H groups in total. The fourth-order valence-corrected chi connectivity index (χ4v) is 3.64. The molecule has 0 saturated carbocycles. The zero-order valence-electron chi connectivity index (χ0n) is 13.5. The lowest BCUT2D eigenvalue weighted by molar-refractivity contribution is 0.0375. The zero-order chi connectivity index (χ0) is 14.9. The Balaban J connectivity index is 1.65. The number of nitrogens with zero attached hydrogens (tertiary/aromatic N) is 2. The van der Waals surface area contributed by atoms with E-state index in [1.165, 1.54) is 32.1 Å². The summed E-state index contributed by atoms with van der Waals surface area (Å²) in [4.78, 5) is 4.92. The monoisotopic (exact) mass is 313 g/mol. The predicted molar refractivity (Wildman–Crippen MR) is 91.7 cm³/mol. The van der Waals surface area contributed by atoms with E-state index in [1.54, 1.807) is 0 Å². The van der Waals surface area contributed by atoms with Gasteiger partial charge in [-0.05, 0) is 44.4 Å². The van der Waals surface area contributed by atoms with E-state index in [4.69, 9.17) is 17.0 Å². The van der Waals surface area contributed by atoms with Crippen LogP contribution >= 0.6 is 12.2 Å². The van der Waals surface area contributed by atoms with Crippen LogP contribution in [0.4, 0.5) is 0 Å². The Bertz CT molecular complexity index is 308. The lowest BCUT2D eigenvalue weighted by atomic mass is 10.1. The third-order valence-electron chi connectivity index (χ3n) is 4.64. The molecule has 2 heterocycles. The van der Waals surface area contributed by atoms with Gasteiger partial charge in [-0.2, -0.15) is 0 Å². The van der Waals surface area contributed by atoms with Gasteiger partial charge in [0.1, 0.15) is 0 Å². The Morgan fingerprint density at radius 3 is 2.76 bits per heavy atom. The SMILES string of the molecule is CCC1CCCCCN1C(=S)NCCCN1CCOCC1. The molecule has 2 rings (SSSR count). The van der Waals surface area contributed by atoms with E-state index in [0.717, 1.165) is 57.5 Å². The molecule has 5 heteroatoms. The van der Waals surface area contributed by atoms with Gasteiger partial charge in [0.25, 0.3) is 0 Å². The topological polar surface area (TPSA) is 27.7 Å². The maximum absolute atomic E-state index is 5.63. The smallest absolute Gasteiger partial charge is 0.169 e. The van der Waals surface area contributed by atoms with Gasteiger partial charge in [-0.1, -0.05) is 19.8 Å². The summed E-state index contributed by atoms with van der Waals surface area (Å²) in [6.07, 6.45) is 7.65. The van der Waals surface area contributed by atoms with Crippen molar-refractivity contribution in [3.8, 4) is 0 Å². The van der Waals surface area contributed by atoms with Crippen molar-refractivity contribution in [2.75, 3.05) is 45.9 Å². The van der Waals surface area contributed by atoms with Crippen molar-refractivity contribution in [1.82, 2.24) is 15.1 Å². The highest BCUT2D eigenvalue weighted by molar-refractivity contribution is 7.80. The molecule has 4 nitrogen and oxygen atoms in total. The highest BCUT2D eigenvalue weighted by Gasteiger charge is 2.21. The number of hydrogen-bond donors (Lipinski definition) is 1. The van der Waals surface area contributed by atoms with E-state index in [0.29, 0.717) is 6.04 Å². The Labute approximate surface area is 135 Å². The van der Waals surface area contributed by atoms with Crippen LogP contribution in [-0.2, 0) is 4.74 Å². The predicted octanol–water partition coefficient (Wildman–Crippen LogP) is 2.24. The number of thiocarbonyl (C=S) groups is 1. The first-order chi connectivity index (χ1) is 10.3. The average molecular weight is 314 g/mol. The molecule has 0 aliphatic carbocycles. The minimum atomic E-state index is 0.645. The Kier molecular flexibility index (Phi) is 7.75. The zero-order valence-corrected chi connectivity index (χ0v) is 14.3. The molecule has 0 bridgehead atoms. The summed E-state index contributed by atoms with van der Waals surface area (Å²) >= 11 is 5.63. The first-order valence-corrected chi connectivity index (χ1v) is 9.06. The van der Waals surface area contributed by atoms with Crippen LogP contribution in [0.1, 0.15) is 45.4 Å². The fraction of sp³-hybridized carbons (Fsp3) is 0.938. The van der Waals surface area contributed by atoms with Crippen LogP contribution in [0.25, 0.3) is 0 Å². The lowest BCUT2D eigenvalue weighted by Crippen LogP contribution is -2.46. The van der Waals surface area contributed by atoms with Gasteiger partial charge in [0.05, 0.1) is 13.2 Å². The summed E-state index contributed by atoms with van der Waals surface area (Å²) in [5.74, 6) is 0. The van der Waals surface area contributed by atoms with E-state index in [-0.39, 0.29) is 0 Å². The van der Waals surface area contributed by atoms with E-state index in [9.17, 15) is 0 Å². The Hall–Kier alpha value is -0.390. The summed E-state index contributed by atoms with van der Waals surface area (Å²) < 4.78 is 5.37. The highest BCUT2D eigenvalue weighted by atomic mass is 32.1. The van der Waals surface area contributed by atoms with Crippen LogP contribution in [0.15, 0.2) is 0 Å². The molecule has 122 valence electrons. The van der Waals surface area contributed by atoms with Crippen molar-refractivity contribution in [1.29, 1.82) is 0 Å². The van der Waals surface area contributed by atoms with Crippen molar-refractivity contribution >= 4 is 17.3 Å². The van der Waals surface area contributed by atoms with Gasteiger partial charge in [-0.25, -0.2) is 0 Å². The van der Waals surface area contributed by atoms with E-state index in [1.807, 2.05) is 0 Å². The molecule has 2 aliphatic heterocycles. The van der Waals surface area contributed by atoms with Gasteiger partial charge in [0.15, 0.2) is 5.11 Å². The summed E-state index contributed by atoms with van der Waals surface area (Å²) in [7, 11) is 0. The third-order valence-corrected chi connectivity index (χ3v) is 5.02. The summed E-state index contributed by atoms with van der Waals surface area (Å²) in [5, 5.41) is 4.46. The standard InChI is InChI=1S/C16H31N3OS/c1-2-15-7-4-3-5-10-19(15)16(21)17-8-6-9-18-11-13-20-14-12-18/h15H,2-14H2,1H3,(H,17,21). The maximum atomic E-state index is 5.63. The summed E-state index contributed by atoms with van der Waals surface area (Å²) in [6.45, 7) is 9.48. The van der Waals surface area contributed by atoms with Crippen molar-refractivity contribution in [2.24, 2.45) is 0 Å². The van der Waals surface area contributed by atoms with Crippen molar-refractivity contribution in [2.45, 2.75) is 51.5 Å². The number of ether oxygens (including phenoxy) is 1. The van der Waals surface area contributed by atoms with Crippen LogP contribution in [0.3, 0.4) is 0 Å². The maximum Gasteiger partial charge on any atom is 0.169 e. The molecule has 0 aromatic carbocycles. The minimum Gasteiger partial charge on any atom is -0.379 e. The molecule has 2 aliphatic rings. The minimum absolute atomic E-state index is 0.645. The number of rotatable bonds is 5. The first-order valence-electron chi connectivity index (χ1n) is 8.66. The summed E-state index contributed by atoms with van der Waals surface area (Å²) in [5.41, 5.74) is 0. The largest absolute Gasteiger partial charge is 0.379 e. The highest BCUT2D eigenvalue weighted by Crippen LogP contribution is 2.19. The number of hydrogen-bond acceptors (Lipinski definition) is 3. The molecular weight excluding hydrogens is 282 g/mol. The van der Waals surface area contributed by atoms with Crippen LogP contribution < -0.4 is 5.32 Å². The molecule has 0 amide bonds. The van der Waals surface area contributed by atoms with Crippen LogP contribution in [0, 0.1) is 0 Å². The van der Waals surface area contributed by atoms with Crippen molar-refractivity contribution < 1.29 is 4.74 Å². The second-order valence-corrected chi connectivity index (χ2v) is 6.53. The van der Waals surface area contributed by atoms with Gasteiger partial charge in [-0.3, -0.25) is 4.90 Å². The summed E-state index contributed by atoms with van der Waals surface area (Å²) in [6, 6.07) is 0.645. The van der Waals surface area contributed by atoms with Crippen LogP contribution in [0.2, 0.25) is 0 Å². The molecule has 0 radical (unpaired) electrons. The normalized spacial score (nSPS) is 24.6. The number of nitrogens with one attached hydrogen (secondary N) is 1. The molecule has 0 aromatic rings. The molecule has 21 heavy (non-hydrogen) atoms. The van der Waals surface area contributed by atoms with Gasteiger partial charge in [-0.15, -0.1) is 0 Å².